The van der Waals surface area contributed by atoms with Crippen LogP contribution in [0.3, 0.4) is 0 Å². The van der Waals surface area contributed by atoms with E-state index in [9.17, 15) is 19.2 Å². The lowest BCUT2D eigenvalue weighted by Gasteiger charge is -2.44. The third kappa shape index (κ3) is 11.1. The first-order valence-electron chi connectivity index (χ1n) is 12.0. The molecule has 2 rings (SSSR count). The van der Waals surface area contributed by atoms with E-state index in [1.54, 1.807) is 6.92 Å². The van der Waals surface area contributed by atoms with Crippen LogP contribution in [0, 0.1) is 5.92 Å². The summed E-state index contributed by atoms with van der Waals surface area (Å²) in [7, 11) is 0. The first kappa shape index (κ1) is 30.0. The number of rotatable bonds is 13. The minimum Gasteiger partial charge on any atom is -0.463 e. The summed E-state index contributed by atoms with van der Waals surface area (Å²) in [4.78, 5) is 46.6. The molecule has 0 radical (unpaired) electrons. The predicted octanol–water partition coefficient (Wildman–Crippen LogP) is 1.31. The van der Waals surface area contributed by atoms with E-state index in [0.29, 0.717) is 0 Å². The average molecular weight is 525 g/mol. The Morgan fingerprint density at radius 1 is 0.946 bits per heavy atom. The number of carbonyl (C=O) groups excluding carboxylic acids is 4. The van der Waals surface area contributed by atoms with Crippen molar-refractivity contribution in [1.29, 1.82) is 0 Å². The number of ether oxygens (including phenoxy) is 6. The summed E-state index contributed by atoms with van der Waals surface area (Å²) in [5.41, 5.74) is 0.883. The molecule has 1 aliphatic rings. The number of hydrogen-bond acceptors (Lipinski definition) is 10. The Kier molecular flexibility index (Phi) is 12.8. The molecule has 2 amide bonds. The molecule has 1 saturated heterocycles. The maximum absolute atomic E-state index is 11.8. The molecular weight excluding hydrogens is 488 g/mol. The molecule has 2 N–H and O–H groups in total. The number of amides is 2. The summed E-state index contributed by atoms with van der Waals surface area (Å²) in [5.74, 6) is -1.76. The first-order chi connectivity index (χ1) is 17.7. The zero-order chi connectivity index (χ0) is 27.2. The second kappa shape index (κ2) is 15.8. The number of benzene rings is 1. The zero-order valence-corrected chi connectivity index (χ0v) is 21.6. The molecule has 0 unspecified atom stereocenters. The van der Waals surface area contributed by atoms with E-state index < -0.39 is 48.5 Å². The smallest absolute Gasteiger partial charge is 0.407 e. The Hall–Kier alpha value is -3.22. The molecule has 1 aromatic carbocycles. The molecule has 0 saturated carbocycles. The van der Waals surface area contributed by atoms with Gasteiger partial charge in [-0.25, -0.2) is 4.79 Å². The van der Waals surface area contributed by atoms with E-state index in [-0.39, 0.29) is 45.5 Å². The van der Waals surface area contributed by atoms with Gasteiger partial charge in [-0.05, 0) is 5.56 Å². The van der Waals surface area contributed by atoms with Crippen molar-refractivity contribution in [2.45, 2.75) is 58.8 Å². The van der Waals surface area contributed by atoms with Crippen molar-refractivity contribution >= 4 is 23.9 Å². The highest BCUT2D eigenvalue weighted by atomic mass is 16.7. The quantitative estimate of drug-likeness (QED) is 0.220. The maximum atomic E-state index is 11.8. The fraction of sp³-hybridized carbons (Fsp3) is 0.600. The van der Waals surface area contributed by atoms with Gasteiger partial charge in [0.15, 0.2) is 6.29 Å². The van der Waals surface area contributed by atoms with Gasteiger partial charge < -0.3 is 39.1 Å². The van der Waals surface area contributed by atoms with Crippen molar-refractivity contribution in [3.05, 3.63) is 35.9 Å². The third-order valence-corrected chi connectivity index (χ3v) is 5.42. The molecule has 5 atom stereocenters. The van der Waals surface area contributed by atoms with Crippen LogP contribution in [0.5, 0.6) is 0 Å². The second-order valence-electron chi connectivity index (χ2n) is 8.48. The van der Waals surface area contributed by atoms with E-state index in [4.69, 9.17) is 28.4 Å². The largest absolute Gasteiger partial charge is 0.463 e. The number of carbonyl (C=O) groups is 4. The molecule has 0 aromatic heterocycles. The summed E-state index contributed by atoms with van der Waals surface area (Å²) < 4.78 is 32.9. The number of esters is 2. The molecule has 0 aliphatic carbocycles. The standard InChI is InChI=1S/C25H36N2O10/c1-16-21(15-34-18(3)29)37-24(22(27-17(2)28)23(16)36-19(4)30)33-13-12-32-11-10-26-25(31)35-14-20-8-6-5-7-9-20/h5-9,16,21-24H,10-15H2,1-4H3,(H,26,31)(H,27,28)/t16-,21+,22+,23-,24+/m0/s1. The minimum atomic E-state index is -0.986. The van der Waals surface area contributed by atoms with E-state index in [1.165, 1.54) is 20.8 Å². The highest BCUT2D eigenvalue weighted by Gasteiger charge is 2.47. The monoisotopic (exact) mass is 524 g/mol. The van der Waals surface area contributed by atoms with Crippen LogP contribution in [-0.4, -0.2) is 81.5 Å². The van der Waals surface area contributed by atoms with Gasteiger partial charge in [0, 0.05) is 33.2 Å². The van der Waals surface area contributed by atoms with Gasteiger partial charge in [0.1, 0.15) is 31.5 Å². The van der Waals surface area contributed by atoms with Crippen LogP contribution in [0.25, 0.3) is 0 Å². The van der Waals surface area contributed by atoms with Gasteiger partial charge in [-0.15, -0.1) is 0 Å². The Bertz CT molecular complexity index is 881. The topological polar surface area (TPSA) is 148 Å². The number of alkyl carbamates (subject to hydrolysis) is 1. The van der Waals surface area contributed by atoms with Crippen LogP contribution in [0.15, 0.2) is 30.3 Å². The maximum Gasteiger partial charge on any atom is 0.407 e. The number of nitrogens with one attached hydrogen (secondary N) is 2. The molecule has 1 aliphatic heterocycles. The fourth-order valence-corrected chi connectivity index (χ4v) is 3.69. The van der Waals surface area contributed by atoms with Crippen LogP contribution in [-0.2, 0) is 49.4 Å². The molecule has 206 valence electrons. The van der Waals surface area contributed by atoms with Gasteiger partial charge in [0.2, 0.25) is 5.91 Å². The molecule has 12 nitrogen and oxygen atoms in total. The molecular formula is C25H36N2O10. The Morgan fingerprint density at radius 2 is 1.68 bits per heavy atom. The van der Waals surface area contributed by atoms with Gasteiger partial charge in [-0.2, -0.15) is 0 Å². The number of hydrogen-bond donors (Lipinski definition) is 2. The molecule has 0 spiro atoms. The van der Waals surface area contributed by atoms with Crippen molar-refractivity contribution < 1.29 is 47.6 Å². The molecule has 1 fully saturated rings. The van der Waals surface area contributed by atoms with E-state index in [0.717, 1.165) is 5.56 Å². The zero-order valence-electron chi connectivity index (χ0n) is 21.6. The highest BCUT2D eigenvalue weighted by molar-refractivity contribution is 5.73. The van der Waals surface area contributed by atoms with Gasteiger partial charge in [-0.1, -0.05) is 37.3 Å². The highest BCUT2D eigenvalue weighted by Crippen LogP contribution is 2.29. The van der Waals surface area contributed by atoms with Crippen molar-refractivity contribution in [3.63, 3.8) is 0 Å². The molecule has 1 aromatic rings. The normalized spacial score (nSPS) is 23.0. The second-order valence-corrected chi connectivity index (χ2v) is 8.48. The van der Waals surface area contributed by atoms with Crippen LogP contribution < -0.4 is 10.6 Å². The average Bonchev–Trinajstić information content (AvgIpc) is 2.84. The predicted molar refractivity (Wildman–Crippen MR) is 129 cm³/mol. The van der Waals surface area contributed by atoms with E-state index in [1.807, 2.05) is 30.3 Å². The minimum absolute atomic E-state index is 0.0660. The fourth-order valence-electron chi connectivity index (χ4n) is 3.69. The lowest BCUT2D eigenvalue weighted by Crippen LogP contribution is -2.63. The van der Waals surface area contributed by atoms with Crippen molar-refractivity contribution in [3.8, 4) is 0 Å². The first-order valence-corrected chi connectivity index (χ1v) is 12.0. The van der Waals surface area contributed by atoms with Crippen LogP contribution >= 0.6 is 0 Å². The molecule has 12 heteroatoms. The van der Waals surface area contributed by atoms with Gasteiger partial charge in [-0.3, -0.25) is 14.4 Å². The molecule has 0 bridgehead atoms. The van der Waals surface area contributed by atoms with E-state index >= 15 is 0 Å². The summed E-state index contributed by atoms with van der Waals surface area (Å²) in [6.45, 7) is 6.45. The summed E-state index contributed by atoms with van der Waals surface area (Å²) in [6, 6.07) is 8.53. The lowest BCUT2D eigenvalue weighted by atomic mass is 9.89. The van der Waals surface area contributed by atoms with Crippen molar-refractivity contribution in [2.75, 3.05) is 33.0 Å². The van der Waals surface area contributed by atoms with Crippen molar-refractivity contribution in [1.82, 2.24) is 10.6 Å². The summed E-state index contributed by atoms with van der Waals surface area (Å²) in [6.07, 6.45) is -2.94. The third-order valence-electron chi connectivity index (χ3n) is 5.42. The Morgan fingerprint density at radius 3 is 2.32 bits per heavy atom. The van der Waals surface area contributed by atoms with Crippen molar-refractivity contribution in [2.24, 2.45) is 5.92 Å². The van der Waals surface area contributed by atoms with Crippen LogP contribution in [0.4, 0.5) is 4.79 Å². The summed E-state index contributed by atoms with van der Waals surface area (Å²) in [5, 5.41) is 5.31. The van der Waals surface area contributed by atoms with Gasteiger partial charge in [0.25, 0.3) is 0 Å². The SMILES string of the molecule is CC(=O)N[C@H]1[C@H](OCCOCCNC(=O)OCc2ccccc2)O[C@H](COC(C)=O)[C@H](C)[C@@H]1OC(C)=O. The van der Waals surface area contributed by atoms with Crippen LogP contribution in [0.1, 0.15) is 33.3 Å². The molecule has 37 heavy (non-hydrogen) atoms. The Labute approximate surface area is 216 Å². The molecule has 1 heterocycles. The van der Waals surface area contributed by atoms with Crippen LogP contribution in [0.2, 0.25) is 0 Å². The Balaban J connectivity index is 1.80. The summed E-state index contributed by atoms with van der Waals surface area (Å²) >= 11 is 0. The van der Waals surface area contributed by atoms with E-state index in [2.05, 4.69) is 10.6 Å². The van der Waals surface area contributed by atoms with Gasteiger partial charge in [0.05, 0.1) is 19.8 Å². The van der Waals surface area contributed by atoms with Gasteiger partial charge >= 0.3 is 18.0 Å². The lowest BCUT2D eigenvalue weighted by molar-refractivity contribution is -0.261.